The van der Waals surface area contributed by atoms with E-state index in [4.69, 9.17) is 20.0 Å². The lowest BCUT2D eigenvalue weighted by atomic mass is 9.79. The number of pyridine rings is 1. The van der Waals surface area contributed by atoms with Crippen LogP contribution in [0.4, 0.5) is 19.0 Å². The fourth-order valence-electron chi connectivity index (χ4n) is 4.14. The Kier molecular flexibility index (Phi) is 10.5. The molecule has 212 valence electrons. The van der Waals surface area contributed by atoms with Crippen LogP contribution in [-0.4, -0.2) is 58.1 Å². The van der Waals surface area contributed by atoms with Gasteiger partial charge in [0.05, 0.1) is 16.3 Å². The standard InChI is InChI=1S/C24H33ClF3N5O2.O2S/c1-6-33-20(16-12-29-17(11-15(16)3)31-22(4,5)24(26,27)28)18(25)19(32-33)21(34)30-13-23(35)9-7-14(2)8-10-23;1-3-2/h11-12,14,35H,6-10,13H2,1-5H3,(H,29,31)(H,30,34);. The number of rotatable bonds is 7. The van der Waals surface area contributed by atoms with Gasteiger partial charge in [-0.15, -0.1) is 0 Å². The van der Waals surface area contributed by atoms with E-state index in [1.807, 2.05) is 6.92 Å². The van der Waals surface area contributed by atoms with Crippen LogP contribution in [-0.2, 0) is 18.1 Å². The Hall–Kier alpha value is -2.51. The molecule has 0 saturated heterocycles. The van der Waals surface area contributed by atoms with Gasteiger partial charge in [0.15, 0.2) is 5.69 Å². The Balaban J connectivity index is 0.00000161. The highest BCUT2D eigenvalue weighted by atomic mass is 35.5. The van der Waals surface area contributed by atoms with Crippen molar-refractivity contribution in [2.75, 3.05) is 11.9 Å². The quantitative estimate of drug-likeness (QED) is 0.435. The summed E-state index contributed by atoms with van der Waals surface area (Å²) in [6, 6.07) is 1.51. The van der Waals surface area contributed by atoms with Gasteiger partial charge in [0, 0.05) is 24.8 Å². The number of nitrogens with zero attached hydrogens (tertiary/aromatic N) is 3. The number of aliphatic hydroxyl groups is 1. The Morgan fingerprint density at radius 2 is 1.87 bits per heavy atom. The highest BCUT2D eigenvalue weighted by Crippen LogP contribution is 2.36. The smallest absolute Gasteiger partial charge is 0.388 e. The van der Waals surface area contributed by atoms with Crippen LogP contribution in [0, 0.1) is 12.8 Å². The molecule has 14 heteroatoms. The highest BCUT2D eigenvalue weighted by Gasteiger charge is 2.47. The Bertz CT molecular complexity index is 1170. The largest absolute Gasteiger partial charge is 0.410 e. The molecule has 3 rings (SSSR count). The minimum atomic E-state index is -4.46. The summed E-state index contributed by atoms with van der Waals surface area (Å²) in [5.41, 5.74) is -1.46. The minimum absolute atomic E-state index is 0.0242. The summed E-state index contributed by atoms with van der Waals surface area (Å²) in [5, 5.41) is 20.4. The lowest BCUT2D eigenvalue weighted by Crippen LogP contribution is -2.46. The highest BCUT2D eigenvalue weighted by molar-refractivity contribution is 7.51. The van der Waals surface area contributed by atoms with E-state index < -0.39 is 34.8 Å². The van der Waals surface area contributed by atoms with Crippen LogP contribution in [0.2, 0.25) is 5.02 Å². The van der Waals surface area contributed by atoms with Gasteiger partial charge in [-0.05, 0) is 70.9 Å². The molecule has 0 radical (unpaired) electrons. The van der Waals surface area contributed by atoms with Crippen molar-refractivity contribution in [1.29, 1.82) is 0 Å². The number of anilines is 1. The molecule has 0 spiro atoms. The van der Waals surface area contributed by atoms with Gasteiger partial charge in [-0.3, -0.25) is 9.48 Å². The fraction of sp³-hybridized carbons (Fsp3) is 0.625. The van der Waals surface area contributed by atoms with Crippen molar-refractivity contribution in [3.63, 3.8) is 0 Å². The predicted octanol–water partition coefficient (Wildman–Crippen LogP) is 4.68. The van der Waals surface area contributed by atoms with Crippen molar-refractivity contribution in [3.05, 3.63) is 28.5 Å². The third-order valence-electron chi connectivity index (χ3n) is 6.71. The molecule has 2 aromatic rings. The molecule has 2 heterocycles. The van der Waals surface area contributed by atoms with E-state index in [9.17, 15) is 23.1 Å². The number of amides is 1. The third kappa shape index (κ3) is 7.54. The molecular formula is C24H33ClF3N5O4S. The van der Waals surface area contributed by atoms with Crippen LogP contribution in [0.5, 0.6) is 0 Å². The van der Waals surface area contributed by atoms with Gasteiger partial charge in [0.1, 0.15) is 11.4 Å². The lowest BCUT2D eigenvalue weighted by molar-refractivity contribution is -0.168. The number of carbonyl (C=O) groups is 1. The van der Waals surface area contributed by atoms with E-state index >= 15 is 0 Å². The Morgan fingerprint density at radius 1 is 1.29 bits per heavy atom. The van der Waals surface area contributed by atoms with Crippen LogP contribution >= 0.6 is 11.6 Å². The first-order chi connectivity index (χ1) is 17.6. The topological polar surface area (TPSA) is 126 Å². The SMILES string of the molecule is CCn1nc(C(=O)NCC2(O)CCC(C)CC2)c(Cl)c1-c1cnc(NC(C)(C)C(F)(F)F)cc1C.O=S=O. The molecule has 9 nitrogen and oxygen atoms in total. The maximum Gasteiger partial charge on any atom is 0.410 e. The number of aromatic nitrogens is 3. The maximum atomic E-state index is 13.2. The van der Waals surface area contributed by atoms with Crippen molar-refractivity contribution in [1.82, 2.24) is 20.1 Å². The number of carbonyl (C=O) groups excluding carboxylic acids is 1. The van der Waals surface area contributed by atoms with Crippen molar-refractivity contribution in [2.45, 2.75) is 84.2 Å². The monoisotopic (exact) mass is 579 g/mol. The molecule has 0 atom stereocenters. The molecular weight excluding hydrogens is 547 g/mol. The van der Waals surface area contributed by atoms with Gasteiger partial charge >= 0.3 is 17.7 Å². The van der Waals surface area contributed by atoms with Crippen LogP contribution in [0.1, 0.15) is 69.4 Å². The second kappa shape index (κ2) is 12.6. The van der Waals surface area contributed by atoms with E-state index in [-0.39, 0.29) is 23.1 Å². The molecule has 0 unspecified atom stereocenters. The minimum Gasteiger partial charge on any atom is -0.388 e. The molecule has 1 saturated carbocycles. The third-order valence-corrected chi connectivity index (χ3v) is 7.07. The molecule has 3 N–H and O–H groups in total. The van der Waals surface area contributed by atoms with E-state index in [1.165, 1.54) is 12.3 Å². The van der Waals surface area contributed by atoms with Gasteiger partial charge in [0.25, 0.3) is 5.91 Å². The number of nitrogens with one attached hydrogen (secondary N) is 2. The van der Waals surface area contributed by atoms with Gasteiger partial charge in [-0.1, -0.05) is 18.5 Å². The van der Waals surface area contributed by atoms with Gasteiger partial charge < -0.3 is 15.7 Å². The van der Waals surface area contributed by atoms with Gasteiger partial charge in [0.2, 0.25) is 0 Å². The van der Waals surface area contributed by atoms with Crippen LogP contribution in [0.15, 0.2) is 12.3 Å². The normalized spacial score (nSPS) is 19.8. The van der Waals surface area contributed by atoms with Gasteiger partial charge in [-0.25, -0.2) is 4.98 Å². The van der Waals surface area contributed by atoms with Crippen molar-refractivity contribution < 1.29 is 31.5 Å². The zero-order valence-electron chi connectivity index (χ0n) is 21.9. The van der Waals surface area contributed by atoms with Crippen molar-refractivity contribution >= 4 is 34.9 Å². The number of alkyl halides is 3. The molecule has 0 bridgehead atoms. The molecule has 0 aliphatic heterocycles. The molecule has 1 fully saturated rings. The lowest BCUT2D eigenvalue weighted by Gasteiger charge is -2.34. The first-order valence-electron chi connectivity index (χ1n) is 12.1. The number of halogens is 4. The number of hydrogen-bond acceptors (Lipinski definition) is 7. The van der Waals surface area contributed by atoms with Crippen molar-refractivity contribution in [3.8, 4) is 11.3 Å². The Morgan fingerprint density at radius 3 is 2.37 bits per heavy atom. The Labute approximate surface area is 228 Å². The zero-order chi connectivity index (χ0) is 28.9. The van der Waals surface area contributed by atoms with Crippen LogP contribution in [0.3, 0.4) is 0 Å². The van der Waals surface area contributed by atoms with Crippen LogP contribution in [0.25, 0.3) is 11.3 Å². The average Bonchev–Trinajstić information content (AvgIpc) is 3.15. The van der Waals surface area contributed by atoms with E-state index in [0.29, 0.717) is 42.1 Å². The summed E-state index contributed by atoms with van der Waals surface area (Å²) in [6.07, 6.45) is 0.00192. The second-order valence-electron chi connectivity index (χ2n) is 10.1. The molecule has 1 aliphatic carbocycles. The molecule has 0 aromatic carbocycles. The summed E-state index contributed by atoms with van der Waals surface area (Å²) < 4.78 is 57.9. The summed E-state index contributed by atoms with van der Waals surface area (Å²) >= 11 is 5.84. The summed E-state index contributed by atoms with van der Waals surface area (Å²) in [4.78, 5) is 17.1. The van der Waals surface area contributed by atoms with E-state index in [2.05, 4.69) is 27.6 Å². The first kappa shape index (κ1) is 31.7. The summed E-state index contributed by atoms with van der Waals surface area (Å²) in [7, 11) is 0. The molecule has 1 amide bonds. The van der Waals surface area contributed by atoms with E-state index in [0.717, 1.165) is 26.7 Å². The molecule has 1 aliphatic rings. The second-order valence-corrected chi connectivity index (χ2v) is 10.6. The maximum absolute atomic E-state index is 13.2. The molecule has 2 aromatic heterocycles. The number of hydrogen-bond donors (Lipinski definition) is 3. The number of aryl methyl sites for hydroxylation is 2. The van der Waals surface area contributed by atoms with E-state index in [1.54, 1.807) is 11.6 Å². The van der Waals surface area contributed by atoms with Crippen LogP contribution < -0.4 is 10.6 Å². The summed E-state index contributed by atoms with van der Waals surface area (Å²) in [5.74, 6) is 0.132. The predicted molar refractivity (Wildman–Crippen MR) is 138 cm³/mol. The van der Waals surface area contributed by atoms with Gasteiger partial charge in [-0.2, -0.15) is 26.7 Å². The average molecular weight is 580 g/mol. The molecule has 38 heavy (non-hydrogen) atoms. The summed E-state index contributed by atoms with van der Waals surface area (Å²) in [6.45, 7) is 8.31. The fourth-order valence-corrected chi connectivity index (χ4v) is 4.46. The van der Waals surface area contributed by atoms with Crippen molar-refractivity contribution in [2.24, 2.45) is 5.92 Å². The first-order valence-corrected chi connectivity index (χ1v) is 13.1. The zero-order valence-corrected chi connectivity index (χ0v) is 23.5.